The van der Waals surface area contributed by atoms with Crippen molar-refractivity contribution in [2.75, 3.05) is 6.61 Å². The highest BCUT2D eigenvalue weighted by Crippen LogP contribution is 2.59. The van der Waals surface area contributed by atoms with Crippen LogP contribution in [0.15, 0.2) is 96.7 Å². The lowest BCUT2D eigenvalue weighted by atomic mass is 10.1. The lowest BCUT2D eigenvalue weighted by molar-refractivity contribution is -0.132. The molecule has 0 bridgehead atoms. The normalized spacial score (nSPS) is 13.6. The summed E-state index contributed by atoms with van der Waals surface area (Å²) in [6.07, 6.45) is 0. The van der Waals surface area contributed by atoms with E-state index < -0.39 is 24.9 Å². The van der Waals surface area contributed by atoms with Gasteiger partial charge in [0, 0.05) is 10.9 Å². The molecule has 3 rings (SSSR count). The summed E-state index contributed by atoms with van der Waals surface area (Å²) < 4.78 is 20.0. The highest BCUT2D eigenvalue weighted by atomic mass is 31.2. The zero-order valence-corrected chi connectivity index (χ0v) is 17.8. The first kappa shape index (κ1) is 22.2. The second-order valence-electron chi connectivity index (χ2n) is 6.52. The van der Waals surface area contributed by atoms with Gasteiger partial charge in [0.15, 0.2) is 0 Å². The van der Waals surface area contributed by atoms with E-state index in [0.717, 1.165) is 0 Å². The highest BCUT2D eigenvalue weighted by Gasteiger charge is 2.37. The van der Waals surface area contributed by atoms with Crippen LogP contribution < -0.4 is 10.6 Å². The summed E-state index contributed by atoms with van der Waals surface area (Å²) in [5.74, 6) is -2.04. The van der Waals surface area contributed by atoms with Gasteiger partial charge in [0.1, 0.15) is 5.70 Å². The summed E-state index contributed by atoms with van der Waals surface area (Å²) in [5, 5.41) is 12.7. The van der Waals surface area contributed by atoms with Gasteiger partial charge in [0.2, 0.25) is 0 Å². The molecule has 0 saturated heterocycles. The monoisotopic (exact) mass is 435 g/mol. The molecule has 0 unspecified atom stereocenters. The predicted molar refractivity (Wildman–Crippen MR) is 120 cm³/mol. The van der Waals surface area contributed by atoms with E-state index in [0.29, 0.717) is 10.9 Å². The molecule has 0 radical (unpaired) electrons. The smallest absolute Gasteiger partial charge is 0.353 e. The molecule has 0 fully saturated rings. The molecule has 6 nitrogen and oxygen atoms in total. The molecule has 7 heteroatoms. The Labute approximate surface area is 180 Å². The summed E-state index contributed by atoms with van der Waals surface area (Å²) in [4.78, 5) is 25.1. The zero-order valence-electron chi connectivity index (χ0n) is 16.9. The molecule has 0 aliphatic heterocycles. The lowest BCUT2D eigenvalue weighted by Gasteiger charge is -2.24. The fourth-order valence-corrected chi connectivity index (χ4v) is 5.52. The summed E-state index contributed by atoms with van der Waals surface area (Å²) in [6, 6.07) is 25.1. The largest absolute Gasteiger partial charge is 0.477 e. The van der Waals surface area contributed by atoms with Crippen LogP contribution in [0.2, 0.25) is 0 Å². The topological polar surface area (TPSA) is 92.7 Å². The van der Waals surface area contributed by atoms with Crippen LogP contribution >= 0.6 is 7.37 Å². The van der Waals surface area contributed by atoms with Crippen molar-refractivity contribution in [3.63, 3.8) is 0 Å². The van der Waals surface area contributed by atoms with Gasteiger partial charge < -0.3 is 14.9 Å². The maximum absolute atomic E-state index is 14.3. The first-order valence-corrected chi connectivity index (χ1v) is 11.3. The van der Waals surface area contributed by atoms with Gasteiger partial charge >= 0.3 is 5.97 Å². The van der Waals surface area contributed by atoms with Crippen LogP contribution in [-0.4, -0.2) is 23.6 Å². The van der Waals surface area contributed by atoms with Crippen molar-refractivity contribution in [2.24, 2.45) is 0 Å². The van der Waals surface area contributed by atoms with Crippen LogP contribution in [0.4, 0.5) is 0 Å². The molecule has 0 saturated carbocycles. The standard InChI is InChI=1S/C24H22NO5P/c1-2-30-31(29,20-16-10-5-11-17-20)22(18-12-6-3-7-13-18)21(24(27)28)25-23(26)19-14-8-4-9-15-19/h3-17H,2H2,1H3,(H,25,26)(H,27,28)/b22-21-/t31-/m1/s1. The van der Waals surface area contributed by atoms with Gasteiger partial charge in [0.25, 0.3) is 13.3 Å². The van der Waals surface area contributed by atoms with Crippen molar-refractivity contribution < 1.29 is 23.8 Å². The molecule has 1 atom stereocenters. The third-order valence-electron chi connectivity index (χ3n) is 4.47. The van der Waals surface area contributed by atoms with E-state index in [4.69, 9.17) is 4.52 Å². The molecule has 3 aromatic rings. The fourth-order valence-electron chi connectivity index (χ4n) is 3.12. The Balaban J connectivity index is 2.27. The second kappa shape index (κ2) is 10.0. The average molecular weight is 435 g/mol. The maximum Gasteiger partial charge on any atom is 0.353 e. The maximum atomic E-state index is 14.3. The van der Waals surface area contributed by atoms with E-state index >= 15 is 0 Å². The minimum Gasteiger partial charge on any atom is -0.477 e. The number of nitrogens with one attached hydrogen (secondary N) is 1. The van der Waals surface area contributed by atoms with Gasteiger partial charge in [-0.05, 0) is 36.8 Å². The Morgan fingerprint density at radius 2 is 1.32 bits per heavy atom. The Kier molecular flexibility index (Phi) is 7.19. The Hall–Kier alpha value is -3.47. The molecule has 2 N–H and O–H groups in total. The third-order valence-corrected chi connectivity index (χ3v) is 7.14. The number of benzene rings is 3. The third kappa shape index (κ3) is 5.00. The summed E-state index contributed by atoms with van der Waals surface area (Å²) in [5.41, 5.74) is 0.175. The van der Waals surface area contributed by atoms with Gasteiger partial charge in [-0.15, -0.1) is 0 Å². The summed E-state index contributed by atoms with van der Waals surface area (Å²) >= 11 is 0. The van der Waals surface area contributed by atoms with Crippen LogP contribution in [0.3, 0.4) is 0 Å². The van der Waals surface area contributed by atoms with Crippen molar-refractivity contribution >= 4 is 29.9 Å². The molecule has 158 valence electrons. The van der Waals surface area contributed by atoms with Crippen LogP contribution in [0, 0.1) is 0 Å². The van der Waals surface area contributed by atoms with Crippen LogP contribution in [0.25, 0.3) is 5.31 Å². The Morgan fingerprint density at radius 1 is 0.839 bits per heavy atom. The molecular formula is C24H22NO5P. The second-order valence-corrected chi connectivity index (χ2v) is 8.84. The van der Waals surface area contributed by atoms with E-state index in [1.807, 2.05) is 0 Å². The zero-order chi connectivity index (χ0) is 22.3. The first-order chi connectivity index (χ1) is 15.0. The average Bonchev–Trinajstić information content (AvgIpc) is 2.80. The number of amides is 1. The number of hydrogen-bond donors (Lipinski definition) is 2. The molecule has 0 aliphatic rings. The van der Waals surface area contributed by atoms with E-state index in [1.54, 1.807) is 97.9 Å². The number of carboxylic acid groups (broad SMARTS) is 1. The molecule has 3 aromatic carbocycles. The number of carboxylic acids is 1. The van der Waals surface area contributed by atoms with Gasteiger partial charge in [-0.3, -0.25) is 9.36 Å². The van der Waals surface area contributed by atoms with Crippen molar-refractivity contribution in [3.05, 3.63) is 108 Å². The van der Waals surface area contributed by atoms with E-state index in [2.05, 4.69) is 5.32 Å². The Morgan fingerprint density at radius 3 is 1.81 bits per heavy atom. The lowest BCUT2D eigenvalue weighted by Crippen LogP contribution is -2.29. The van der Waals surface area contributed by atoms with Crippen molar-refractivity contribution in [3.8, 4) is 0 Å². The molecule has 31 heavy (non-hydrogen) atoms. The minimum atomic E-state index is -3.88. The minimum absolute atomic E-state index is 0.0714. The van der Waals surface area contributed by atoms with Crippen molar-refractivity contribution in [1.29, 1.82) is 0 Å². The molecular weight excluding hydrogens is 413 g/mol. The number of aliphatic carboxylic acids is 1. The van der Waals surface area contributed by atoms with Crippen LogP contribution in [-0.2, 0) is 13.9 Å². The quantitative estimate of drug-likeness (QED) is 0.401. The molecule has 0 aromatic heterocycles. The fraction of sp³-hybridized carbons (Fsp3) is 0.0833. The SMILES string of the molecule is CCO[P@@](=O)(/C(=C(\NC(=O)c1ccccc1)C(=O)O)c1ccccc1)c1ccccc1. The van der Waals surface area contributed by atoms with Crippen molar-refractivity contribution in [1.82, 2.24) is 5.32 Å². The van der Waals surface area contributed by atoms with Crippen LogP contribution in [0.1, 0.15) is 22.8 Å². The van der Waals surface area contributed by atoms with Crippen molar-refractivity contribution in [2.45, 2.75) is 6.92 Å². The molecule has 1 amide bonds. The van der Waals surface area contributed by atoms with Gasteiger partial charge in [-0.1, -0.05) is 66.7 Å². The number of rotatable bonds is 8. The van der Waals surface area contributed by atoms with Gasteiger partial charge in [0.05, 0.1) is 11.9 Å². The first-order valence-electron chi connectivity index (χ1n) is 9.67. The van der Waals surface area contributed by atoms with Crippen LogP contribution in [0.5, 0.6) is 0 Å². The highest BCUT2D eigenvalue weighted by molar-refractivity contribution is 7.77. The van der Waals surface area contributed by atoms with E-state index in [-0.39, 0.29) is 17.5 Å². The van der Waals surface area contributed by atoms with Gasteiger partial charge in [-0.25, -0.2) is 4.79 Å². The predicted octanol–water partition coefficient (Wildman–Crippen LogP) is 4.51. The van der Waals surface area contributed by atoms with E-state index in [9.17, 15) is 19.3 Å². The molecule has 0 heterocycles. The summed E-state index contributed by atoms with van der Waals surface area (Å²) in [6.45, 7) is 1.77. The molecule has 0 spiro atoms. The Bertz CT molecular complexity index is 1130. The number of hydrogen-bond acceptors (Lipinski definition) is 4. The summed E-state index contributed by atoms with van der Waals surface area (Å²) in [7, 11) is -3.88. The number of carbonyl (C=O) groups is 2. The van der Waals surface area contributed by atoms with E-state index in [1.165, 1.54) is 0 Å². The van der Waals surface area contributed by atoms with Gasteiger partial charge in [-0.2, -0.15) is 0 Å². The molecule has 0 aliphatic carbocycles. The number of carbonyl (C=O) groups excluding carboxylic acids is 1.